The average Bonchev–Trinajstić information content (AvgIpc) is 2.73. The number of halogens is 2. The standard InChI is InChI=1S/C11H14ClFN4/c1-11(2,3)17-10(12)8(13)9(15-17)7-5-14-16(4)6-7/h5-6H,1-4H3. The maximum atomic E-state index is 14.0. The van der Waals surface area contributed by atoms with Crippen molar-refractivity contribution in [2.75, 3.05) is 0 Å². The Morgan fingerprint density at radius 3 is 2.41 bits per heavy atom. The van der Waals surface area contributed by atoms with Crippen molar-refractivity contribution in [1.82, 2.24) is 19.6 Å². The van der Waals surface area contributed by atoms with Gasteiger partial charge in [0.15, 0.2) is 11.0 Å². The average molecular weight is 257 g/mol. The fourth-order valence-electron chi connectivity index (χ4n) is 1.55. The monoisotopic (exact) mass is 256 g/mol. The summed E-state index contributed by atoms with van der Waals surface area (Å²) in [5.74, 6) is -0.505. The van der Waals surface area contributed by atoms with Gasteiger partial charge in [0, 0.05) is 18.8 Å². The third-order valence-corrected chi connectivity index (χ3v) is 2.71. The summed E-state index contributed by atoms with van der Waals surface area (Å²) in [7, 11) is 1.77. The van der Waals surface area contributed by atoms with Crippen LogP contribution in [0, 0.1) is 5.82 Å². The van der Waals surface area contributed by atoms with E-state index in [1.54, 1.807) is 24.1 Å². The van der Waals surface area contributed by atoms with Gasteiger partial charge in [-0.1, -0.05) is 11.6 Å². The summed E-state index contributed by atoms with van der Waals surface area (Å²) in [5.41, 5.74) is 0.492. The van der Waals surface area contributed by atoms with Gasteiger partial charge in [-0.25, -0.2) is 9.07 Å². The molecule has 0 spiro atoms. The van der Waals surface area contributed by atoms with Crippen molar-refractivity contribution in [3.8, 4) is 11.3 Å². The van der Waals surface area contributed by atoms with E-state index < -0.39 is 5.82 Å². The molecule has 2 aromatic rings. The molecule has 6 heteroatoms. The highest BCUT2D eigenvalue weighted by Crippen LogP contribution is 2.30. The summed E-state index contributed by atoms with van der Waals surface area (Å²) in [6.45, 7) is 5.75. The quantitative estimate of drug-likeness (QED) is 0.787. The van der Waals surface area contributed by atoms with E-state index in [4.69, 9.17) is 11.6 Å². The van der Waals surface area contributed by atoms with Gasteiger partial charge in [-0.05, 0) is 20.8 Å². The lowest BCUT2D eigenvalue weighted by molar-refractivity contribution is 0.355. The van der Waals surface area contributed by atoms with E-state index in [0.29, 0.717) is 5.56 Å². The largest absolute Gasteiger partial charge is 0.275 e. The van der Waals surface area contributed by atoms with Crippen molar-refractivity contribution in [3.05, 3.63) is 23.4 Å². The SMILES string of the molecule is Cn1cc(-c2nn(C(C)(C)C)c(Cl)c2F)cn1. The molecular weight excluding hydrogens is 243 g/mol. The summed E-state index contributed by atoms with van der Waals surface area (Å²) in [4.78, 5) is 0. The fraction of sp³-hybridized carbons (Fsp3) is 0.455. The van der Waals surface area contributed by atoms with Gasteiger partial charge >= 0.3 is 0 Å². The van der Waals surface area contributed by atoms with Gasteiger partial charge in [-0.2, -0.15) is 10.2 Å². The van der Waals surface area contributed by atoms with Crippen molar-refractivity contribution in [2.24, 2.45) is 7.05 Å². The van der Waals surface area contributed by atoms with Crippen molar-refractivity contribution < 1.29 is 4.39 Å². The predicted octanol–water partition coefficient (Wildman–Crippen LogP) is 2.83. The van der Waals surface area contributed by atoms with E-state index in [0.717, 1.165) is 0 Å². The fourth-order valence-corrected chi connectivity index (χ4v) is 1.93. The molecule has 0 bridgehead atoms. The Hall–Kier alpha value is -1.36. The molecule has 2 aromatic heterocycles. The zero-order valence-electron chi connectivity index (χ0n) is 10.2. The van der Waals surface area contributed by atoms with Gasteiger partial charge in [0.2, 0.25) is 0 Å². The van der Waals surface area contributed by atoms with Gasteiger partial charge in [0.05, 0.1) is 11.7 Å². The van der Waals surface area contributed by atoms with Crippen LogP contribution in [-0.4, -0.2) is 19.6 Å². The highest BCUT2D eigenvalue weighted by molar-refractivity contribution is 6.30. The molecule has 2 heterocycles. The van der Waals surface area contributed by atoms with Crippen LogP contribution in [0.4, 0.5) is 4.39 Å². The van der Waals surface area contributed by atoms with Crippen molar-refractivity contribution in [2.45, 2.75) is 26.3 Å². The second-order valence-corrected chi connectivity index (χ2v) is 5.30. The Labute approximate surface area is 104 Å². The van der Waals surface area contributed by atoms with Crippen molar-refractivity contribution in [3.63, 3.8) is 0 Å². The molecule has 0 atom stereocenters. The first kappa shape index (κ1) is 12.1. The third-order valence-electron chi connectivity index (χ3n) is 2.39. The number of hydrogen-bond donors (Lipinski definition) is 0. The summed E-state index contributed by atoms with van der Waals surface area (Å²) < 4.78 is 17.1. The molecule has 0 amide bonds. The van der Waals surface area contributed by atoms with Crippen LogP contribution in [0.5, 0.6) is 0 Å². The van der Waals surface area contributed by atoms with Crippen LogP contribution in [0.3, 0.4) is 0 Å². The van der Waals surface area contributed by atoms with E-state index in [1.165, 1.54) is 4.68 Å². The van der Waals surface area contributed by atoms with Crippen molar-refractivity contribution in [1.29, 1.82) is 0 Å². The molecule has 0 radical (unpaired) electrons. The lowest BCUT2D eigenvalue weighted by Gasteiger charge is -2.19. The number of aromatic nitrogens is 4. The number of hydrogen-bond acceptors (Lipinski definition) is 2. The molecule has 0 saturated carbocycles. The molecule has 92 valence electrons. The Kier molecular flexibility index (Phi) is 2.73. The zero-order valence-corrected chi connectivity index (χ0v) is 11.0. The lowest BCUT2D eigenvalue weighted by atomic mass is 10.1. The minimum absolute atomic E-state index is 0.0244. The maximum Gasteiger partial charge on any atom is 0.188 e. The molecule has 0 N–H and O–H groups in total. The number of rotatable bonds is 1. The first-order chi connectivity index (χ1) is 7.80. The topological polar surface area (TPSA) is 35.6 Å². The van der Waals surface area contributed by atoms with E-state index in [9.17, 15) is 4.39 Å². The first-order valence-electron chi connectivity index (χ1n) is 5.24. The second-order valence-electron chi connectivity index (χ2n) is 4.94. The molecule has 0 aliphatic carbocycles. The van der Waals surface area contributed by atoms with Crippen LogP contribution in [0.1, 0.15) is 20.8 Å². The molecule has 0 aliphatic heterocycles. The summed E-state index contributed by atoms with van der Waals surface area (Å²) in [6.07, 6.45) is 3.27. The Bertz CT molecular complexity index is 550. The molecule has 0 aliphatic rings. The maximum absolute atomic E-state index is 14.0. The minimum Gasteiger partial charge on any atom is -0.275 e. The zero-order chi connectivity index (χ0) is 12.8. The van der Waals surface area contributed by atoms with E-state index >= 15 is 0 Å². The molecule has 0 fully saturated rings. The normalized spacial score (nSPS) is 12.1. The van der Waals surface area contributed by atoms with E-state index in [1.807, 2.05) is 20.8 Å². The minimum atomic E-state index is -0.505. The van der Waals surface area contributed by atoms with Gasteiger partial charge in [-0.3, -0.25) is 4.68 Å². The Morgan fingerprint density at radius 2 is 2.00 bits per heavy atom. The molecule has 0 saturated heterocycles. The van der Waals surface area contributed by atoms with Crippen LogP contribution >= 0.6 is 11.6 Å². The van der Waals surface area contributed by atoms with Gasteiger partial charge in [0.1, 0.15) is 5.69 Å². The van der Waals surface area contributed by atoms with Crippen molar-refractivity contribution >= 4 is 11.6 Å². The lowest BCUT2D eigenvalue weighted by Crippen LogP contribution is -2.23. The van der Waals surface area contributed by atoms with Gasteiger partial charge in [-0.15, -0.1) is 0 Å². The summed E-state index contributed by atoms with van der Waals surface area (Å²) in [6, 6.07) is 0. The molecule has 17 heavy (non-hydrogen) atoms. The van der Waals surface area contributed by atoms with E-state index in [-0.39, 0.29) is 16.4 Å². The molecule has 0 unspecified atom stereocenters. The first-order valence-corrected chi connectivity index (χ1v) is 5.62. The second kappa shape index (κ2) is 3.84. The molecule has 0 aromatic carbocycles. The predicted molar refractivity (Wildman–Crippen MR) is 64.4 cm³/mol. The van der Waals surface area contributed by atoms with Gasteiger partial charge in [0.25, 0.3) is 0 Å². The van der Waals surface area contributed by atoms with Crippen LogP contribution in [-0.2, 0) is 12.6 Å². The molecule has 4 nitrogen and oxygen atoms in total. The van der Waals surface area contributed by atoms with E-state index in [2.05, 4.69) is 10.2 Å². The molecule has 2 rings (SSSR count). The number of aryl methyl sites for hydroxylation is 1. The Balaban J connectivity index is 2.58. The number of nitrogens with zero attached hydrogens (tertiary/aromatic N) is 4. The highest BCUT2D eigenvalue weighted by Gasteiger charge is 2.25. The third kappa shape index (κ3) is 2.07. The summed E-state index contributed by atoms with van der Waals surface area (Å²) in [5, 5.41) is 8.24. The van der Waals surface area contributed by atoms with Gasteiger partial charge < -0.3 is 0 Å². The molecular formula is C11H14ClFN4. The smallest absolute Gasteiger partial charge is 0.188 e. The summed E-state index contributed by atoms with van der Waals surface area (Å²) >= 11 is 5.95. The van der Waals surface area contributed by atoms with Crippen LogP contribution in [0.2, 0.25) is 5.15 Å². The van der Waals surface area contributed by atoms with Crippen LogP contribution in [0.15, 0.2) is 12.4 Å². The van der Waals surface area contributed by atoms with Crippen LogP contribution in [0.25, 0.3) is 11.3 Å². The van der Waals surface area contributed by atoms with Crippen LogP contribution < -0.4 is 0 Å². The highest BCUT2D eigenvalue weighted by atomic mass is 35.5. The Morgan fingerprint density at radius 1 is 1.35 bits per heavy atom.